The lowest BCUT2D eigenvalue weighted by Gasteiger charge is -2.27. The van der Waals surface area contributed by atoms with Gasteiger partial charge in [-0.3, -0.25) is 14.9 Å². The number of aromatic amines is 2. The standard InChI is InChI=1S/C29H25N9O/c39-29(18-7-3-1-4-8-18)33-21-13-19(15-30-17-21)20-14-22-24(36-37-26(22)32-16-20)27-34-23-9-10-31-28(25(23)35-27)38-11-5-2-6-12-38/h1,3-4,7-10,13-17H,2,5-6,11-12H2,(H,33,39)(H,34,35)(H,32,36,37). The summed E-state index contributed by atoms with van der Waals surface area (Å²) in [6.07, 6.45) is 10.5. The average molecular weight is 516 g/mol. The van der Waals surface area contributed by atoms with Crippen LogP contribution in [0.15, 0.2) is 73.3 Å². The second-order valence-corrected chi connectivity index (χ2v) is 9.64. The molecule has 1 amide bonds. The van der Waals surface area contributed by atoms with Gasteiger partial charge in [-0.05, 0) is 49.6 Å². The van der Waals surface area contributed by atoms with E-state index >= 15 is 0 Å². The molecule has 39 heavy (non-hydrogen) atoms. The molecule has 1 aliphatic heterocycles. The predicted molar refractivity (Wildman–Crippen MR) is 150 cm³/mol. The summed E-state index contributed by atoms with van der Waals surface area (Å²) in [5.74, 6) is 1.40. The first-order chi connectivity index (χ1) is 19.2. The van der Waals surface area contributed by atoms with Gasteiger partial charge in [-0.15, -0.1) is 0 Å². The van der Waals surface area contributed by atoms with Crippen LogP contribution in [0.5, 0.6) is 0 Å². The molecule has 0 spiro atoms. The lowest BCUT2D eigenvalue weighted by Crippen LogP contribution is -2.30. The van der Waals surface area contributed by atoms with Crippen LogP contribution in [0.25, 0.3) is 44.7 Å². The van der Waals surface area contributed by atoms with Gasteiger partial charge in [0.05, 0.1) is 22.8 Å². The minimum atomic E-state index is -0.191. The second-order valence-electron chi connectivity index (χ2n) is 9.64. The summed E-state index contributed by atoms with van der Waals surface area (Å²) in [5, 5.41) is 11.3. The molecule has 1 saturated heterocycles. The Morgan fingerprint density at radius 3 is 2.64 bits per heavy atom. The molecule has 10 nitrogen and oxygen atoms in total. The van der Waals surface area contributed by atoms with Crippen LogP contribution in [0.2, 0.25) is 0 Å². The van der Waals surface area contributed by atoms with E-state index < -0.39 is 0 Å². The molecular weight excluding hydrogens is 490 g/mol. The van der Waals surface area contributed by atoms with Crippen LogP contribution >= 0.6 is 0 Å². The molecule has 0 radical (unpaired) electrons. The number of carbonyl (C=O) groups is 1. The number of fused-ring (bicyclic) bond motifs is 2. The highest BCUT2D eigenvalue weighted by Crippen LogP contribution is 2.32. The zero-order valence-electron chi connectivity index (χ0n) is 21.1. The number of hydrogen-bond donors (Lipinski definition) is 3. The summed E-state index contributed by atoms with van der Waals surface area (Å²) < 4.78 is 0. The van der Waals surface area contributed by atoms with Gasteiger partial charge >= 0.3 is 0 Å². The van der Waals surface area contributed by atoms with Gasteiger partial charge in [0, 0.05) is 48.4 Å². The van der Waals surface area contributed by atoms with Crippen LogP contribution < -0.4 is 10.2 Å². The third-order valence-electron chi connectivity index (χ3n) is 7.05. The van der Waals surface area contributed by atoms with Gasteiger partial charge in [-0.25, -0.2) is 15.0 Å². The van der Waals surface area contributed by atoms with Crippen LogP contribution in [0.1, 0.15) is 29.6 Å². The minimum absolute atomic E-state index is 0.191. The molecule has 192 valence electrons. The minimum Gasteiger partial charge on any atom is -0.355 e. The van der Waals surface area contributed by atoms with E-state index in [0.717, 1.165) is 52.1 Å². The van der Waals surface area contributed by atoms with Gasteiger partial charge in [-0.2, -0.15) is 5.10 Å². The van der Waals surface area contributed by atoms with Gasteiger partial charge in [0.25, 0.3) is 5.91 Å². The van der Waals surface area contributed by atoms with Crippen molar-refractivity contribution in [3.8, 4) is 22.6 Å². The van der Waals surface area contributed by atoms with E-state index in [4.69, 9.17) is 4.98 Å². The van der Waals surface area contributed by atoms with Gasteiger partial charge in [0.2, 0.25) is 0 Å². The van der Waals surface area contributed by atoms with E-state index in [9.17, 15) is 4.79 Å². The van der Waals surface area contributed by atoms with E-state index in [-0.39, 0.29) is 5.91 Å². The molecule has 1 aliphatic rings. The number of H-pyrrole nitrogens is 2. The van der Waals surface area contributed by atoms with Crippen LogP contribution in [0, 0.1) is 0 Å². The number of piperidine rings is 1. The summed E-state index contributed by atoms with van der Waals surface area (Å²) in [4.78, 5) is 36.9. The number of carbonyl (C=O) groups excluding carboxylic acids is 1. The molecule has 0 saturated carbocycles. The van der Waals surface area contributed by atoms with Crippen LogP contribution in [-0.2, 0) is 0 Å². The Bertz CT molecular complexity index is 1800. The van der Waals surface area contributed by atoms with Crippen molar-refractivity contribution in [2.45, 2.75) is 19.3 Å². The molecule has 0 bridgehead atoms. The topological polar surface area (TPSA) is 128 Å². The summed E-state index contributed by atoms with van der Waals surface area (Å²) in [7, 11) is 0. The van der Waals surface area contributed by atoms with Gasteiger partial charge in [0.15, 0.2) is 17.3 Å². The molecule has 6 heterocycles. The molecule has 1 aromatic carbocycles. The lowest BCUT2D eigenvalue weighted by molar-refractivity contribution is 0.102. The van der Waals surface area contributed by atoms with E-state index in [1.54, 1.807) is 30.7 Å². The molecule has 5 aromatic heterocycles. The van der Waals surface area contributed by atoms with E-state index in [1.807, 2.05) is 42.6 Å². The van der Waals surface area contributed by atoms with Crippen LogP contribution in [0.4, 0.5) is 11.5 Å². The van der Waals surface area contributed by atoms with Gasteiger partial charge in [0.1, 0.15) is 11.2 Å². The molecule has 3 N–H and O–H groups in total. The number of rotatable bonds is 5. The number of amides is 1. The smallest absolute Gasteiger partial charge is 0.255 e. The zero-order valence-corrected chi connectivity index (χ0v) is 21.1. The van der Waals surface area contributed by atoms with E-state index in [2.05, 4.69) is 40.3 Å². The Balaban J connectivity index is 1.22. The maximum Gasteiger partial charge on any atom is 0.255 e. The third-order valence-corrected chi connectivity index (χ3v) is 7.05. The first-order valence-corrected chi connectivity index (χ1v) is 13.0. The van der Waals surface area contributed by atoms with Crippen molar-refractivity contribution in [3.05, 3.63) is 78.9 Å². The molecule has 7 rings (SSSR count). The van der Waals surface area contributed by atoms with Crippen molar-refractivity contribution in [2.24, 2.45) is 0 Å². The summed E-state index contributed by atoms with van der Waals surface area (Å²) in [6.45, 7) is 1.99. The van der Waals surface area contributed by atoms with Gasteiger partial charge in [-0.1, -0.05) is 18.2 Å². The number of nitrogens with zero attached hydrogens (tertiary/aromatic N) is 6. The zero-order chi connectivity index (χ0) is 26.2. The lowest BCUT2D eigenvalue weighted by atomic mass is 10.1. The maximum absolute atomic E-state index is 12.6. The first kappa shape index (κ1) is 23.0. The van der Waals surface area contributed by atoms with Crippen molar-refractivity contribution in [1.29, 1.82) is 0 Å². The fourth-order valence-electron chi connectivity index (χ4n) is 5.07. The highest BCUT2D eigenvalue weighted by molar-refractivity contribution is 6.04. The SMILES string of the molecule is O=C(Nc1cncc(-c2cnc3n[nH]c(-c4nc5c(N6CCCCC6)nccc5[nH]4)c3c2)c1)c1ccccc1. The second kappa shape index (κ2) is 9.64. The highest BCUT2D eigenvalue weighted by Gasteiger charge is 2.20. The number of aromatic nitrogens is 7. The molecule has 0 atom stereocenters. The molecule has 6 aromatic rings. The fraction of sp³-hybridized carbons (Fsp3) is 0.172. The first-order valence-electron chi connectivity index (χ1n) is 13.0. The number of hydrogen-bond acceptors (Lipinski definition) is 7. The third kappa shape index (κ3) is 4.35. The molecule has 1 fully saturated rings. The van der Waals surface area contributed by atoms with Crippen molar-refractivity contribution in [3.63, 3.8) is 0 Å². The molecule has 10 heteroatoms. The number of pyridine rings is 3. The largest absolute Gasteiger partial charge is 0.355 e. The van der Waals surface area contributed by atoms with Crippen molar-refractivity contribution >= 4 is 39.5 Å². The van der Waals surface area contributed by atoms with Crippen LogP contribution in [0.3, 0.4) is 0 Å². The van der Waals surface area contributed by atoms with E-state index in [0.29, 0.717) is 22.7 Å². The Labute approximate surface area is 223 Å². The Morgan fingerprint density at radius 1 is 0.923 bits per heavy atom. The summed E-state index contributed by atoms with van der Waals surface area (Å²) >= 11 is 0. The number of nitrogens with one attached hydrogen (secondary N) is 3. The fourth-order valence-corrected chi connectivity index (χ4v) is 5.07. The van der Waals surface area contributed by atoms with Crippen molar-refractivity contribution in [1.82, 2.24) is 35.1 Å². The molecule has 0 aliphatic carbocycles. The Kier molecular flexibility index (Phi) is 5.69. The average Bonchev–Trinajstić information content (AvgIpc) is 3.62. The van der Waals surface area contributed by atoms with Gasteiger partial charge < -0.3 is 15.2 Å². The summed E-state index contributed by atoms with van der Waals surface area (Å²) in [6, 6.07) is 14.9. The summed E-state index contributed by atoms with van der Waals surface area (Å²) in [5.41, 5.74) is 5.98. The van der Waals surface area contributed by atoms with E-state index in [1.165, 1.54) is 19.3 Å². The van der Waals surface area contributed by atoms with Crippen molar-refractivity contribution < 1.29 is 4.79 Å². The highest BCUT2D eigenvalue weighted by atomic mass is 16.1. The normalized spacial score (nSPS) is 13.7. The number of imidazole rings is 1. The van der Waals surface area contributed by atoms with Crippen molar-refractivity contribution in [2.75, 3.05) is 23.3 Å². The maximum atomic E-state index is 12.6. The van der Waals surface area contributed by atoms with Crippen LogP contribution in [-0.4, -0.2) is 54.1 Å². The monoisotopic (exact) mass is 515 g/mol. The molecular formula is C29H25N9O. The molecule has 0 unspecified atom stereocenters. The number of benzene rings is 1. The Hall–Kier alpha value is -5.12. The number of anilines is 2. The predicted octanol–water partition coefficient (Wildman–Crippen LogP) is 5.20. The quantitative estimate of drug-likeness (QED) is 0.288. The Morgan fingerprint density at radius 2 is 1.77 bits per heavy atom.